The number of guanidine groups is 1. The Morgan fingerprint density at radius 2 is 1.02 bits per heavy atom. The normalized spacial score (nSPS) is 18.9. The van der Waals surface area contributed by atoms with Crippen molar-refractivity contribution in [1.29, 1.82) is 0 Å². The van der Waals surface area contributed by atoms with Gasteiger partial charge >= 0.3 is 17.9 Å². The first-order chi connectivity index (χ1) is 63.4. The number of carbonyl (C=O) groups excluding carboxylic acids is 13. The van der Waals surface area contributed by atoms with Gasteiger partial charge in [0.1, 0.15) is 29.9 Å². The lowest BCUT2D eigenvalue weighted by atomic mass is 9.81. The number of aliphatic imine (C=N–C) groups is 1. The van der Waals surface area contributed by atoms with Gasteiger partial charge in [0.05, 0.1) is 79.0 Å². The van der Waals surface area contributed by atoms with E-state index in [-0.39, 0.29) is 149 Å². The van der Waals surface area contributed by atoms with Crippen LogP contribution in [0.3, 0.4) is 0 Å². The predicted molar refractivity (Wildman–Crippen MR) is 522 cm³/mol. The molecule has 4 heterocycles. The quantitative estimate of drug-likeness (QED) is 0.00772. The summed E-state index contributed by atoms with van der Waals surface area (Å²) in [5.41, 5.74) is 15.3. The molecule has 136 heavy (non-hydrogen) atoms. The van der Waals surface area contributed by atoms with Crippen LogP contribution in [0.4, 0.5) is 5.69 Å². The minimum atomic E-state index is -1.98. The number of nitrogens with one attached hydrogen (secondary N) is 10. The molecule has 42 heteroatoms. The number of aromatic nitrogens is 3. The maximum absolute atomic E-state index is 13.7. The van der Waals surface area contributed by atoms with Gasteiger partial charge in [-0.2, -0.15) is 12.6 Å². The van der Waals surface area contributed by atoms with Crippen molar-refractivity contribution in [1.82, 2.24) is 78.0 Å². The summed E-state index contributed by atoms with van der Waals surface area (Å²) in [6.07, 6.45) is 3.98. The third-order valence-electron chi connectivity index (χ3n) is 22.3. The number of carbonyl (C=O) groups is 16. The number of aliphatic carboxylic acids is 3. The second-order valence-corrected chi connectivity index (χ2v) is 43.4. The van der Waals surface area contributed by atoms with E-state index in [1.165, 1.54) is 9.80 Å². The fourth-order valence-electron chi connectivity index (χ4n) is 15.6. The monoisotopic (exact) mass is 1960 g/mol. The first kappa shape index (κ1) is 114. The fourth-order valence-corrected chi connectivity index (χ4v) is 18.2. The highest BCUT2D eigenvalue weighted by molar-refractivity contribution is 8.00. The van der Waals surface area contributed by atoms with Gasteiger partial charge in [0.15, 0.2) is 5.96 Å². The average molecular weight is 1960 g/mol. The molecule has 17 N–H and O–H groups in total. The molecule has 2 aromatic carbocycles. The summed E-state index contributed by atoms with van der Waals surface area (Å²) in [4.78, 5) is 212. The number of anilines is 1. The number of thiol groups is 1. The zero-order chi connectivity index (χ0) is 102. The molecule has 2 saturated carbocycles. The third-order valence-corrected chi connectivity index (χ3v) is 25.6. The van der Waals surface area contributed by atoms with Crippen LogP contribution in [-0.2, 0) is 93.5 Å². The molecular weight excluding hydrogens is 1810 g/mol. The smallest absolute Gasteiger partial charge is 0.305 e. The standard InChI is InChI=1S/C42H69N11O14S2.C31H40N6O3.C21H36N2O3S/c1-41(2,3)51-33(61)22-11-9-21(10-12-22)18-53-29(54)17-28(39(53)67)69-20-46-27(19-68)37(65)49-25(15-31(57)58)36(64)48-24(14-30(55)56)35(63)47-23(8-7-13-45-40(43)44)34(62)50-26(16-32(59)60)38(66)52-42(4,5)6;1-21(2)33-27(38)16-18-40-17-15-22(3)32-19-28(39)36-20-23-11-7-8-12-24(23)29-30(25-13-9-10-14-26(25)36)37(35-34-29)31(4,5)6;1-20(2,3)13-27-16-11-17(24)23(19(16)26)12-14-7-9-15(10-8-14)18(25)22-21(4,5)6/h21-28,46,68H,7-20H2,1-6H3,(H,47,63)(H,48,64)(H,49,65)(H,50,62)(H,51,61)(H,52,66)(H,55,56)(H,57,58)(H,59,60)(H4,43,44,45);7-14,21,32H,3,15-20H2,1-2,4-6H3,(H,33,38);14-16H,7-13H2,1-6H3,(H,22,25)/t21?,22?,23-,24?,25-,26?,27?,28?;;/m0../s1. The number of hydrogen-bond acceptors (Lipinski definition) is 25. The lowest BCUT2D eigenvalue weighted by molar-refractivity contribution is -0.143. The number of ether oxygens (including phenoxy) is 1. The lowest BCUT2D eigenvalue weighted by Gasteiger charge is -2.32. The maximum atomic E-state index is 13.7. The Labute approximate surface area is 811 Å². The highest BCUT2D eigenvalue weighted by Crippen LogP contribution is 2.43. The van der Waals surface area contributed by atoms with Crippen molar-refractivity contribution < 1.29 is 96.8 Å². The van der Waals surface area contributed by atoms with E-state index >= 15 is 0 Å². The summed E-state index contributed by atoms with van der Waals surface area (Å²) < 4.78 is 7.53. The zero-order valence-electron chi connectivity index (χ0n) is 81.7. The number of amides is 13. The lowest BCUT2D eigenvalue weighted by Crippen LogP contribution is -2.60. The van der Waals surface area contributed by atoms with Gasteiger partial charge in [0.25, 0.3) is 0 Å². The Balaban J connectivity index is 0.000000352. The van der Waals surface area contributed by atoms with E-state index in [1.54, 1.807) is 32.5 Å². The molecule has 39 nitrogen and oxygen atoms in total. The van der Waals surface area contributed by atoms with Crippen LogP contribution in [0.15, 0.2) is 65.8 Å². The van der Waals surface area contributed by atoms with Crippen LogP contribution in [0.2, 0.25) is 0 Å². The average Bonchev–Trinajstić information content (AvgIpc) is 1.56. The number of rotatable bonds is 42. The Kier molecular flexibility index (Phi) is 43.7. The molecule has 5 unspecified atom stereocenters. The molecule has 5 aliphatic rings. The van der Waals surface area contributed by atoms with Gasteiger partial charge in [-0.15, -0.1) is 28.6 Å². The number of fused-ring (bicyclic) bond motifs is 5. The molecule has 0 bridgehead atoms. The summed E-state index contributed by atoms with van der Waals surface area (Å²) in [6, 6.07) is 7.81. The largest absolute Gasteiger partial charge is 0.481 e. The predicted octanol–water partition coefficient (Wildman–Crippen LogP) is 6.00. The highest BCUT2D eigenvalue weighted by Gasteiger charge is 2.45. The van der Waals surface area contributed by atoms with Crippen LogP contribution < -0.4 is 69.5 Å². The van der Waals surface area contributed by atoms with E-state index in [0.717, 1.165) is 77.0 Å². The van der Waals surface area contributed by atoms with Crippen LogP contribution in [-0.4, -0.2) is 261 Å². The van der Waals surface area contributed by atoms with E-state index in [4.69, 9.17) is 16.2 Å². The van der Waals surface area contributed by atoms with Crippen LogP contribution in [0.1, 0.15) is 232 Å². The number of likely N-dealkylation sites (tertiary alicyclic amines) is 2. The summed E-state index contributed by atoms with van der Waals surface area (Å²) in [6.45, 7) is 39.1. The van der Waals surface area contributed by atoms with Crippen LogP contribution >= 0.6 is 36.2 Å². The van der Waals surface area contributed by atoms with Crippen molar-refractivity contribution in [3.8, 4) is 22.5 Å². The number of imide groups is 2. The van der Waals surface area contributed by atoms with Gasteiger partial charge in [-0.25, -0.2) is 4.68 Å². The van der Waals surface area contributed by atoms with Gasteiger partial charge in [-0.05, 0) is 196 Å². The Morgan fingerprint density at radius 1 is 0.574 bits per heavy atom. The van der Waals surface area contributed by atoms with E-state index < -0.39 is 114 Å². The molecule has 4 fully saturated rings. The summed E-state index contributed by atoms with van der Waals surface area (Å²) >= 11 is 6.86. The van der Waals surface area contributed by atoms with Crippen LogP contribution in [0, 0.1) is 29.1 Å². The van der Waals surface area contributed by atoms with Gasteiger partial charge in [-0.3, -0.25) is 96.8 Å². The molecule has 3 aliphatic heterocycles. The van der Waals surface area contributed by atoms with Crippen LogP contribution in [0.25, 0.3) is 22.5 Å². The van der Waals surface area contributed by atoms with Gasteiger partial charge in [-0.1, -0.05) is 75.0 Å². The molecule has 754 valence electrons. The fraction of sp³-hybridized carbons (Fsp3) is 0.649. The Morgan fingerprint density at radius 3 is 1.49 bits per heavy atom. The van der Waals surface area contributed by atoms with Crippen molar-refractivity contribution in [2.24, 2.45) is 45.5 Å². The van der Waals surface area contributed by atoms with E-state index in [0.29, 0.717) is 82.9 Å². The zero-order valence-corrected chi connectivity index (χ0v) is 84.2. The number of thioether (sulfide) groups is 2. The van der Waals surface area contributed by atoms with E-state index in [2.05, 4.69) is 129 Å². The minimum absolute atomic E-state index is 0.0122. The van der Waals surface area contributed by atoms with Gasteiger partial charge in [0, 0.05) is 108 Å². The molecule has 0 spiro atoms. The number of hydrogen-bond donors (Lipinski definition) is 16. The molecule has 13 amide bonds. The van der Waals surface area contributed by atoms with Crippen molar-refractivity contribution in [3.63, 3.8) is 0 Å². The number of carboxylic acid groups (broad SMARTS) is 3. The van der Waals surface area contributed by atoms with Gasteiger partial charge < -0.3 is 84.3 Å². The number of nitrogens with zero attached hydrogens (tertiary/aromatic N) is 7. The van der Waals surface area contributed by atoms with Crippen molar-refractivity contribution >= 4 is 143 Å². The molecule has 8 rings (SSSR count). The SMILES string of the molecule is C=C(CCOCCC(=O)NC(C)C)NCC(=O)N1Cc2ccccc2-c2nnn(C(C)(C)C)c2-c2ccccc21.CC(C)(C)CSC1CC(=O)N(CC2CCC(C(=O)NC(C)(C)C)CC2)C1=O.CC(C)(C)NC(=O)C1CCC(CN2C(=O)CC(SCNC(CS)C(=O)N[C@@H](CC(=O)O)C(=O)NC(CC(=O)O)C(=O)N[C@@H](CCCN=C(N)N)C(=O)NC(CC(=O)O)C(=O)NC(C)(C)C)C2=O)CC1. The van der Waals surface area contributed by atoms with Crippen LogP contribution in [0.5, 0.6) is 0 Å². The number of benzene rings is 2. The van der Waals surface area contributed by atoms with E-state index in [1.807, 2.05) is 114 Å². The maximum Gasteiger partial charge on any atom is 0.305 e. The molecule has 7 atom stereocenters. The number of para-hydroxylation sites is 1. The van der Waals surface area contributed by atoms with E-state index in [9.17, 15) is 92.0 Å². The highest BCUT2D eigenvalue weighted by atomic mass is 32.2. The molecule has 1 aromatic heterocycles. The molecular formula is C94H145N19O20S3. The molecule has 0 radical (unpaired) electrons. The summed E-state index contributed by atoms with van der Waals surface area (Å²) in [5, 5.41) is 63.3. The second-order valence-electron chi connectivity index (χ2n) is 40.6. The third kappa shape index (κ3) is 38.3. The van der Waals surface area contributed by atoms with Crippen molar-refractivity contribution in [2.75, 3.05) is 61.7 Å². The van der Waals surface area contributed by atoms with Crippen molar-refractivity contribution in [2.45, 2.75) is 302 Å². The first-order valence-electron chi connectivity index (χ1n) is 46.3. The molecule has 3 aromatic rings. The first-order valence-corrected chi connectivity index (χ1v) is 49.0. The van der Waals surface area contributed by atoms with Gasteiger partial charge in [0.2, 0.25) is 76.8 Å². The Hall–Kier alpha value is -10.7. The molecule has 2 saturated heterocycles. The summed E-state index contributed by atoms with van der Waals surface area (Å²) in [7, 11) is 0. The minimum Gasteiger partial charge on any atom is -0.481 e. The molecule has 2 aliphatic carbocycles. The topological polar surface area (TPSA) is 568 Å². The van der Waals surface area contributed by atoms with Crippen molar-refractivity contribution in [3.05, 3.63) is 66.4 Å². The number of nitrogens with two attached hydrogens (primary N) is 2. The second kappa shape index (κ2) is 52.2. The Bertz CT molecular complexity index is 4740. The number of carboxylic acids is 3. The summed E-state index contributed by atoms with van der Waals surface area (Å²) in [5.74, 6) is -10.2.